The second-order valence-corrected chi connectivity index (χ2v) is 6.91. The van der Waals surface area contributed by atoms with Gasteiger partial charge >= 0.3 is 17.1 Å². The third-order valence-corrected chi connectivity index (χ3v) is 4.66. The molecule has 2 aromatic carbocycles. The van der Waals surface area contributed by atoms with Gasteiger partial charge in [-0.1, -0.05) is 55.3 Å². The molecular weight excluding hydrogens is 380 g/mol. The van der Waals surface area contributed by atoms with Crippen LogP contribution in [0, 0.1) is 0 Å². The molecule has 0 radical (unpaired) electrons. The first-order valence-corrected chi connectivity index (χ1v) is 9.51. The maximum absolute atomic E-state index is 12.8. The molecule has 0 N–H and O–H groups in total. The zero-order chi connectivity index (χ0) is 20.1. The quantitative estimate of drug-likeness (QED) is 0.347. The summed E-state index contributed by atoms with van der Waals surface area (Å²) in [5, 5.41) is 0.407. The number of hydrogen-bond acceptors (Lipinski definition) is 4. The van der Waals surface area contributed by atoms with Crippen LogP contribution in [0.3, 0.4) is 0 Å². The van der Waals surface area contributed by atoms with Crippen LogP contribution in [0.25, 0.3) is 11.0 Å². The van der Waals surface area contributed by atoms with Crippen molar-refractivity contribution in [3.05, 3.63) is 79.8 Å². The number of nitrogens with zero attached hydrogens (tertiary/aromatic N) is 2. The predicted octanol–water partition coefficient (Wildman–Crippen LogP) is 3.21. The van der Waals surface area contributed by atoms with Crippen molar-refractivity contribution in [2.75, 3.05) is 6.61 Å². The minimum Gasteiger partial charge on any atom is -0.464 e. The van der Waals surface area contributed by atoms with Crippen LogP contribution in [0.4, 0.5) is 0 Å². The summed E-state index contributed by atoms with van der Waals surface area (Å²) in [6, 6.07) is 14.3. The highest BCUT2D eigenvalue weighted by Gasteiger charge is 2.16. The van der Waals surface area contributed by atoms with Crippen LogP contribution in [0.2, 0.25) is 5.02 Å². The summed E-state index contributed by atoms with van der Waals surface area (Å²) in [5.41, 5.74) is 0.356. The number of fused-ring (bicyclic) bond motifs is 1. The fraction of sp³-hybridized carbons (Fsp3) is 0.286. The van der Waals surface area contributed by atoms with E-state index in [-0.39, 0.29) is 19.7 Å². The van der Waals surface area contributed by atoms with E-state index in [0.717, 1.165) is 23.0 Å². The number of hydrogen-bond donors (Lipinski definition) is 0. The number of carbonyl (C=O) groups excluding carboxylic acids is 1. The van der Waals surface area contributed by atoms with Gasteiger partial charge in [-0.05, 0) is 30.2 Å². The van der Waals surface area contributed by atoms with Gasteiger partial charge in [-0.15, -0.1) is 0 Å². The molecule has 3 rings (SSSR count). The minimum absolute atomic E-state index is 0.245. The Labute approximate surface area is 166 Å². The lowest BCUT2D eigenvalue weighted by Gasteiger charge is -2.15. The second kappa shape index (κ2) is 8.89. The van der Waals surface area contributed by atoms with E-state index in [2.05, 4.69) is 0 Å². The Kier molecular flexibility index (Phi) is 6.31. The van der Waals surface area contributed by atoms with Crippen LogP contribution in [0.15, 0.2) is 58.1 Å². The number of esters is 1. The van der Waals surface area contributed by atoms with E-state index in [1.807, 2.05) is 37.3 Å². The first-order chi connectivity index (χ1) is 13.5. The van der Waals surface area contributed by atoms with E-state index in [9.17, 15) is 14.4 Å². The normalized spacial score (nSPS) is 10.9. The summed E-state index contributed by atoms with van der Waals surface area (Å²) in [6.07, 6.45) is 1.63. The van der Waals surface area contributed by atoms with Crippen LogP contribution < -0.4 is 11.1 Å². The molecular formula is C21H21ClN2O4. The van der Waals surface area contributed by atoms with Crippen molar-refractivity contribution in [3.63, 3.8) is 0 Å². The van der Waals surface area contributed by atoms with Crippen LogP contribution in [0.1, 0.15) is 25.3 Å². The van der Waals surface area contributed by atoms with E-state index in [1.165, 1.54) is 4.57 Å². The van der Waals surface area contributed by atoms with E-state index in [4.69, 9.17) is 16.3 Å². The van der Waals surface area contributed by atoms with Crippen molar-refractivity contribution >= 4 is 28.6 Å². The molecule has 3 aromatic rings. The lowest BCUT2D eigenvalue weighted by Crippen LogP contribution is -2.42. The number of benzene rings is 2. The Balaban J connectivity index is 2.08. The van der Waals surface area contributed by atoms with Gasteiger partial charge in [0.25, 0.3) is 0 Å². The number of aromatic nitrogens is 2. The standard InChI is InChI=1S/C21H21ClN2O4/c1-2-3-11-28-19(25)14-24-18-12-16(22)9-10-17(18)23(20(26)21(24)27)13-15-7-5-4-6-8-15/h4-10,12H,2-3,11,13-14H2,1H3. The van der Waals surface area contributed by atoms with Gasteiger partial charge < -0.3 is 4.74 Å². The van der Waals surface area contributed by atoms with Gasteiger partial charge in [-0.2, -0.15) is 0 Å². The minimum atomic E-state index is -0.780. The molecule has 0 spiro atoms. The van der Waals surface area contributed by atoms with Gasteiger partial charge in [-0.3, -0.25) is 23.5 Å². The molecule has 28 heavy (non-hydrogen) atoms. The van der Waals surface area contributed by atoms with Crippen LogP contribution in [-0.4, -0.2) is 21.7 Å². The summed E-state index contributed by atoms with van der Waals surface area (Å²) < 4.78 is 7.69. The third-order valence-electron chi connectivity index (χ3n) is 4.42. The zero-order valence-corrected chi connectivity index (χ0v) is 16.3. The Morgan fingerprint density at radius 2 is 1.71 bits per heavy atom. The number of rotatable bonds is 7. The molecule has 0 aliphatic carbocycles. The molecule has 146 valence electrons. The van der Waals surface area contributed by atoms with Crippen molar-refractivity contribution in [1.29, 1.82) is 0 Å². The Bertz CT molecular complexity index is 1100. The highest BCUT2D eigenvalue weighted by molar-refractivity contribution is 6.31. The van der Waals surface area contributed by atoms with Crippen LogP contribution in [0.5, 0.6) is 0 Å². The number of unbranched alkanes of at least 4 members (excludes halogenated alkanes) is 1. The van der Waals surface area contributed by atoms with E-state index in [0.29, 0.717) is 16.1 Å². The van der Waals surface area contributed by atoms with Crippen molar-refractivity contribution in [1.82, 2.24) is 9.13 Å². The largest absolute Gasteiger partial charge is 0.464 e. The Morgan fingerprint density at radius 3 is 2.43 bits per heavy atom. The predicted molar refractivity (Wildman–Crippen MR) is 109 cm³/mol. The smallest absolute Gasteiger partial charge is 0.326 e. The van der Waals surface area contributed by atoms with Gasteiger partial charge in [0.1, 0.15) is 6.54 Å². The SMILES string of the molecule is CCCCOC(=O)Cn1c(=O)c(=O)n(Cc2ccccc2)c2ccc(Cl)cc21. The summed E-state index contributed by atoms with van der Waals surface area (Å²) in [5.74, 6) is -0.558. The lowest BCUT2D eigenvalue weighted by molar-refractivity contribution is -0.144. The molecule has 0 bridgehead atoms. The maximum Gasteiger partial charge on any atom is 0.326 e. The summed E-state index contributed by atoms with van der Waals surface area (Å²) in [7, 11) is 0. The van der Waals surface area contributed by atoms with E-state index in [1.54, 1.807) is 18.2 Å². The Hall–Kier alpha value is -2.86. The molecule has 0 saturated heterocycles. The van der Waals surface area contributed by atoms with Crippen LogP contribution >= 0.6 is 11.6 Å². The monoisotopic (exact) mass is 400 g/mol. The molecule has 0 unspecified atom stereocenters. The first kappa shape index (κ1) is 19.9. The molecule has 0 amide bonds. The van der Waals surface area contributed by atoms with Crippen molar-refractivity contribution < 1.29 is 9.53 Å². The second-order valence-electron chi connectivity index (χ2n) is 6.48. The van der Waals surface area contributed by atoms with Crippen molar-refractivity contribution in [2.24, 2.45) is 0 Å². The van der Waals surface area contributed by atoms with Gasteiger partial charge in [0.2, 0.25) is 0 Å². The van der Waals surface area contributed by atoms with E-state index < -0.39 is 17.1 Å². The molecule has 0 fully saturated rings. The molecule has 7 heteroatoms. The fourth-order valence-corrected chi connectivity index (χ4v) is 3.14. The number of halogens is 1. The molecule has 1 heterocycles. The van der Waals surface area contributed by atoms with Gasteiger partial charge in [0.05, 0.1) is 24.2 Å². The molecule has 1 aromatic heterocycles. The van der Waals surface area contributed by atoms with E-state index >= 15 is 0 Å². The molecule has 6 nitrogen and oxygen atoms in total. The maximum atomic E-state index is 12.8. The summed E-state index contributed by atoms with van der Waals surface area (Å²) in [4.78, 5) is 37.7. The zero-order valence-electron chi connectivity index (χ0n) is 15.6. The van der Waals surface area contributed by atoms with Gasteiger partial charge in [0, 0.05) is 5.02 Å². The Morgan fingerprint density at radius 1 is 1.00 bits per heavy atom. The van der Waals surface area contributed by atoms with Crippen molar-refractivity contribution in [3.8, 4) is 0 Å². The molecule has 0 aliphatic rings. The summed E-state index contributed by atoms with van der Waals surface area (Å²) in [6.45, 7) is 2.18. The van der Waals surface area contributed by atoms with Crippen LogP contribution in [-0.2, 0) is 22.6 Å². The number of carbonyl (C=O) groups is 1. The highest BCUT2D eigenvalue weighted by Crippen LogP contribution is 2.18. The average Bonchev–Trinajstić information content (AvgIpc) is 2.69. The van der Waals surface area contributed by atoms with Gasteiger partial charge in [-0.25, -0.2) is 0 Å². The number of ether oxygens (including phenoxy) is 1. The molecule has 0 atom stereocenters. The van der Waals surface area contributed by atoms with Gasteiger partial charge in [0.15, 0.2) is 0 Å². The third kappa shape index (κ3) is 4.34. The molecule has 0 saturated carbocycles. The highest BCUT2D eigenvalue weighted by atomic mass is 35.5. The summed E-state index contributed by atoms with van der Waals surface area (Å²) >= 11 is 6.12. The lowest BCUT2D eigenvalue weighted by atomic mass is 10.2. The van der Waals surface area contributed by atoms with Crippen molar-refractivity contribution in [2.45, 2.75) is 32.9 Å². The fourth-order valence-electron chi connectivity index (χ4n) is 2.98. The topological polar surface area (TPSA) is 70.3 Å². The average molecular weight is 401 g/mol. The first-order valence-electron chi connectivity index (χ1n) is 9.13. The molecule has 0 aliphatic heterocycles.